The lowest BCUT2D eigenvalue weighted by Gasteiger charge is -2.39. The second-order valence-corrected chi connectivity index (χ2v) is 7.82. The minimum absolute atomic E-state index is 0.0426. The summed E-state index contributed by atoms with van der Waals surface area (Å²) in [6.45, 7) is 14.9. The maximum atomic E-state index is 12.7. The Morgan fingerprint density at radius 3 is 2.22 bits per heavy atom. The lowest BCUT2D eigenvalue weighted by atomic mass is 9.78. The third kappa shape index (κ3) is 5.20. The van der Waals surface area contributed by atoms with Crippen molar-refractivity contribution < 1.29 is 23.9 Å². The molecule has 0 bridgehead atoms. The molecule has 0 aliphatic carbocycles. The number of ether oxygens (including phenoxy) is 2. The van der Waals surface area contributed by atoms with Crippen molar-refractivity contribution in [3.8, 4) is 0 Å². The van der Waals surface area contributed by atoms with Gasteiger partial charge in [0, 0.05) is 24.3 Å². The number of allylic oxidation sites excluding steroid dienone is 2. The molecule has 0 aromatic carbocycles. The summed E-state index contributed by atoms with van der Waals surface area (Å²) >= 11 is 0. The fraction of sp³-hybridized carbons (Fsp3) is 0.773. The molecule has 0 radical (unpaired) electrons. The number of ketones is 2. The molecule has 0 spiro atoms. The van der Waals surface area contributed by atoms with Crippen molar-refractivity contribution >= 4 is 17.5 Å². The molecule has 27 heavy (non-hydrogen) atoms. The van der Waals surface area contributed by atoms with Gasteiger partial charge in [0.1, 0.15) is 23.8 Å². The first-order valence-corrected chi connectivity index (χ1v) is 10.2. The van der Waals surface area contributed by atoms with E-state index in [2.05, 4.69) is 0 Å². The van der Waals surface area contributed by atoms with E-state index in [9.17, 15) is 14.4 Å². The van der Waals surface area contributed by atoms with Crippen molar-refractivity contribution in [2.45, 2.75) is 86.9 Å². The van der Waals surface area contributed by atoms with Crippen LogP contribution in [-0.2, 0) is 23.9 Å². The molecule has 1 rings (SSSR count). The largest absolute Gasteiger partial charge is 0.493 e. The third-order valence-corrected chi connectivity index (χ3v) is 5.95. The molecule has 0 fully saturated rings. The first kappa shape index (κ1) is 23.4. The van der Waals surface area contributed by atoms with Gasteiger partial charge in [-0.15, -0.1) is 0 Å². The Bertz CT molecular complexity index is 592. The highest BCUT2D eigenvalue weighted by Crippen LogP contribution is 2.35. The van der Waals surface area contributed by atoms with Crippen LogP contribution in [0.1, 0.15) is 74.7 Å². The van der Waals surface area contributed by atoms with Crippen LogP contribution in [0, 0.1) is 23.7 Å². The van der Waals surface area contributed by atoms with E-state index < -0.39 is 18.1 Å². The Kier molecular flexibility index (Phi) is 8.70. The highest BCUT2D eigenvalue weighted by Gasteiger charge is 2.43. The van der Waals surface area contributed by atoms with E-state index in [1.807, 2.05) is 41.5 Å². The molecule has 1 aliphatic rings. The molecular weight excluding hydrogens is 344 g/mol. The van der Waals surface area contributed by atoms with Gasteiger partial charge in [-0.3, -0.25) is 14.4 Å². The number of hydrogen-bond donors (Lipinski definition) is 0. The molecule has 6 atom stereocenters. The van der Waals surface area contributed by atoms with Gasteiger partial charge in [-0.05, 0) is 13.3 Å². The van der Waals surface area contributed by atoms with Crippen LogP contribution in [0.5, 0.6) is 0 Å². The topological polar surface area (TPSA) is 69.7 Å². The molecular formula is C22H36O5. The van der Waals surface area contributed by atoms with E-state index in [0.29, 0.717) is 30.6 Å². The predicted octanol–water partition coefficient (Wildman–Crippen LogP) is 4.48. The minimum atomic E-state index is -0.615. The number of hydrogen-bond acceptors (Lipinski definition) is 5. The molecule has 0 amide bonds. The number of rotatable bonds is 9. The normalized spacial score (nSPS) is 24.7. The molecule has 154 valence electrons. The molecule has 1 heterocycles. The molecule has 1 aliphatic heterocycles. The van der Waals surface area contributed by atoms with Crippen LogP contribution < -0.4 is 0 Å². The van der Waals surface area contributed by atoms with E-state index in [4.69, 9.17) is 9.47 Å². The number of esters is 1. The summed E-state index contributed by atoms with van der Waals surface area (Å²) < 4.78 is 12.0. The highest BCUT2D eigenvalue weighted by atomic mass is 16.5. The minimum Gasteiger partial charge on any atom is -0.493 e. The lowest BCUT2D eigenvalue weighted by Crippen LogP contribution is -2.47. The zero-order chi connectivity index (χ0) is 20.9. The first-order valence-electron chi connectivity index (χ1n) is 10.2. The summed E-state index contributed by atoms with van der Waals surface area (Å²) in [5.74, 6) is -0.804. The van der Waals surface area contributed by atoms with Gasteiger partial charge >= 0.3 is 5.97 Å². The Balaban J connectivity index is 3.18. The van der Waals surface area contributed by atoms with Crippen LogP contribution >= 0.6 is 0 Å². The van der Waals surface area contributed by atoms with Gasteiger partial charge in [0.25, 0.3) is 0 Å². The smallest absolute Gasteiger partial charge is 0.308 e. The van der Waals surface area contributed by atoms with Gasteiger partial charge in [-0.25, -0.2) is 0 Å². The summed E-state index contributed by atoms with van der Waals surface area (Å²) in [4.78, 5) is 37.5. The summed E-state index contributed by atoms with van der Waals surface area (Å²) in [5, 5.41) is 0. The molecule has 5 heteroatoms. The molecule has 5 nitrogen and oxygen atoms in total. The van der Waals surface area contributed by atoms with Crippen LogP contribution in [0.4, 0.5) is 0 Å². The van der Waals surface area contributed by atoms with Crippen molar-refractivity contribution in [2.24, 2.45) is 23.7 Å². The fourth-order valence-electron chi connectivity index (χ4n) is 3.67. The second kappa shape index (κ2) is 10.0. The maximum absolute atomic E-state index is 12.7. The van der Waals surface area contributed by atoms with E-state index in [0.717, 1.165) is 0 Å². The average molecular weight is 381 g/mol. The van der Waals surface area contributed by atoms with E-state index in [1.165, 1.54) is 0 Å². The van der Waals surface area contributed by atoms with Gasteiger partial charge in [0.2, 0.25) is 0 Å². The zero-order valence-electron chi connectivity index (χ0n) is 18.1. The van der Waals surface area contributed by atoms with E-state index in [1.54, 1.807) is 13.8 Å². The predicted molar refractivity (Wildman–Crippen MR) is 105 cm³/mol. The van der Waals surface area contributed by atoms with Gasteiger partial charge in [-0.1, -0.05) is 48.5 Å². The average Bonchev–Trinajstić information content (AvgIpc) is 2.67. The summed E-state index contributed by atoms with van der Waals surface area (Å²) in [6, 6.07) is 0. The van der Waals surface area contributed by atoms with Gasteiger partial charge in [0.15, 0.2) is 5.78 Å². The second-order valence-electron chi connectivity index (χ2n) is 7.82. The molecule has 0 aromatic heterocycles. The molecule has 0 unspecified atom stereocenters. The fourth-order valence-corrected chi connectivity index (χ4v) is 3.67. The Morgan fingerprint density at radius 2 is 1.74 bits per heavy atom. The quantitative estimate of drug-likeness (QED) is 0.552. The summed E-state index contributed by atoms with van der Waals surface area (Å²) in [5.41, 5.74) is 0.666. The van der Waals surface area contributed by atoms with Crippen molar-refractivity contribution in [2.75, 3.05) is 0 Å². The SMILES string of the molecule is CCC(=O)[C@H](C)[C@H](OC(=O)[C@H](C)CC)[C@H](C)[C@H]1OC(CC)=C(C)C(=O)[C@@H]1C. The monoisotopic (exact) mass is 380 g/mol. The summed E-state index contributed by atoms with van der Waals surface area (Å²) in [6.07, 6.45) is 0.652. The molecule has 0 aromatic rings. The number of Topliss-reactive ketones (excluding diaryl/α,β-unsaturated/α-hetero) is 2. The Hall–Kier alpha value is -1.65. The van der Waals surface area contributed by atoms with Gasteiger partial charge in [0.05, 0.1) is 17.8 Å². The number of carbonyl (C=O) groups excluding carboxylic acids is 3. The maximum Gasteiger partial charge on any atom is 0.308 e. The van der Waals surface area contributed by atoms with E-state index >= 15 is 0 Å². The lowest BCUT2D eigenvalue weighted by molar-refractivity contribution is -0.166. The van der Waals surface area contributed by atoms with Crippen molar-refractivity contribution in [3.63, 3.8) is 0 Å². The standard InChI is InChI=1S/C22H36O5/c1-9-12(4)22(25)27-20(13(5)17(23)10-2)16(8)21-15(7)19(24)14(6)18(11-3)26-21/h12-13,15-16,20-21H,9-11H2,1-8H3/t12-,13+,15+,16+,20+,21+/m1/s1. The van der Waals surface area contributed by atoms with Crippen molar-refractivity contribution in [1.29, 1.82) is 0 Å². The molecule has 0 saturated carbocycles. The van der Waals surface area contributed by atoms with Crippen molar-refractivity contribution in [3.05, 3.63) is 11.3 Å². The van der Waals surface area contributed by atoms with Crippen molar-refractivity contribution in [1.82, 2.24) is 0 Å². The van der Waals surface area contributed by atoms with Crippen LogP contribution in [0.15, 0.2) is 11.3 Å². The van der Waals surface area contributed by atoms with Crippen LogP contribution in [0.25, 0.3) is 0 Å². The third-order valence-electron chi connectivity index (χ3n) is 5.95. The molecule has 0 N–H and O–H groups in total. The summed E-state index contributed by atoms with van der Waals surface area (Å²) in [7, 11) is 0. The van der Waals surface area contributed by atoms with Gasteiger partial charge in [-0.2, -0.15) is 0 Å². The Morgan fingerprint density at radius 1 is 1.15 bits per heavy atom. The van der Waals surface area contributed by atoms with Crippen LogP contribution in [0.2, 0.25) is 0 Å². The first-order chi connectivity index (χ1) is 12.6. The van der Waals surface area contributed by atoms with Crippen LogP contribution in [-0.4, -0.2) is 29.7 Å². The van der Waals surface area contributed by atoms with Crippen LogP contribution in [0.3, 0.4) is 0 Å². The van der Waals surface area contributed by atoms with E-state index in [-0.39, 0.29) is 35.3 Å². The number of carbonyl (C=O) groups is 3. The zero-order valence-corrected chi connectivity index (χ0v) is 18.1. The highest BCUT2D eigenvalue weighted by molar-refractivity contribution is 5.98. The Labute approximate surface area is 163 Å². The van der Waals surface area contributed by atoms with Gasteiger partial charge < -0.3 is 9.47 Å². The molecule has 0 saturated heterocycles.